The van der Waals surface area contributed by atoms with E-state index >= 15 is 0 Å². The molecule has 5 N–H and O–H groups in total. The van der Waals surface area contributed by atoms with Gasteiger partial charge in [-0.05, 0) is 55.8 Å². The standard InChI is InChI=1S/C22H23F2N5O/c23-16-6-5-13(12-17(16)24)11-15(20(25)14-7-9-26-10-8-14)21(30)29-22-27-18-3-1-2-4-19(18)28-22/h1-6,12,14,26H,7-11,25H2,(H2,27,28,29,30). The fourth-order valence-electron chi connectivity index (χ4n) is 3.74. The van der Waals surface area contributed by atoms with Crippen LogP contribution in [0.5, 0.6) is 0 Å². The average molecular weight is 411 g/mol. The first-order valence-electron chi connectivity index (χ1n) is 9.90. The molecule has 0 saturated carbocycles. The number of amides is 1. The molecule has 1 aliphatic heterocycles. The quantitative estimate of drug-likeness (QED) is 0.485. The van der Waals surface area contributed by atoms with Gasteiger partial charge in [0.25, 0.3) is 5.91 Å². The lowest BCUT2D eigenvalue weighted by Gasteiger charge is -2.25. The van der Waals surface area contributed by atoms with E-state index in [1.807, 2.05) is 24.3 Å². The summed E-state index contributed by atoms with van der Waals surface area (Å²) in [6.45, 7) is 1.63. The maximum atomic E-state index is 13.7. The maximum Gasteiger partial charge on any atom is 0.255 e. The molecule has 0 spiro atoms. The number of rotatable bonds is 5. The second kappa shape index (κ2) is 8.62. The number of nitrogens with zero attached hydrogens (tertiary/aromatic N) is 1. The molecule has 0 atom stereocenters. The number of anilines is 1. The molecule has 0 aliphatic carbocycles. The Labute approximate surface area is 172 Å². The molecule has 1 fully saturated rings. The predicted molar refractivity (Wildman–Crippen MR) is 112 cm³/mol. The number of piperidine rings is 1. The Morgan fingerprint density at radius 3 is 2.63 bits per heavy atom. The summed E-state index contributed by atoms with van der Waals surface area (Å²) in [5.74, 6) is -1.93. The highest BCUT2D eigenvalue weighted by molar-refractivity contribution is 6.04. The topological polar surface area (TPSA) is 95.8 Å². The van der Waals surface area contributed by atoms with Crippen molar-refractivity contribution < 1.29 is 13.6 Å². The number of carbonyl (C=O) groups is 1. The molecule has 0 radical (unpaired) electrons. The number of imidazole rings is 1. The van der Waals surface area contributed by atoms with Crippen molar-refractivity contribution >= 4 is 22.9 Å². The number of hydrogen-bond acceptors (Lipinski definition) is 4. The van der Waals surface area contributed by atoms with Gasteiger partial charge in [-0.1, -0.05) is 18.2 Å². The summed E-state index contributed by atoms with van der Waals surface area (Å²) >= 11 is 0. The van der Waals surface area contributed by atoms with E-state index in [2.05, 4.69) is 20.6 Å². The third kappa shape index (κ3) is 4.33. The van der Waals surface area contributed by atoms with Crippen LogP contribution in [0.3, 0.4) is 0 Å². The largest absolute Gasteiger partial charge is 0.401 e. The van der Waals surface area contributed by atoms with E-state index in [9.17, 15) is 13.6 Å². The summed E-state index contributed by atoms with van der Waals surface area (Å²) in [6.07, 6.45) is 1.72. The van der Waals surface area contributed by atoms with Crippen LogP contribution in [0.25, 0.3) is 11.0 Å². The van der Waals surface area contributed by atoms with Crippen LogP contribution in [0.2, 0.25) is 0 Å². The molecule has 6 nitrogen and oxygen atoms in total. The van der Waals surface area contributed by atoms with Gasteiger partial charge in [0.2, 0.25) is 5.95 Å². The van der Waals surface area contributed by atoms with Gasteiger partial charge in [0, 0.05) is 23.6 Å². The van der Waals surface area contributed by atoms with Gasteiger partial charge in [-0.2, -0.15) is 0 Å². The normalized spacial score (nSPS) is 15.8. The molecule has 1 saturated heterocycles. The van der Waals surface area contributed by atoms with Gasteiger partial charge in [-0.25, -0.2) is 13.8 Å². The van der Waals surface area contributed by atoms with Crippen molar-refractivity contribution in [3.05, 3.63) is 70.9 Å². The molecule has 1 amide bonds. The summed E-state index contributed by atoms with van der Waals surface area (Å²) in [5.41, 5.74) is 9.25. The Hall–Kier alpha value is -3.26. The van der Waals surface area contributed by atoms with Crippen LogP contribution in [0.4, 0.5) is 14.7 Å². The van der Waals surface area contributed by atoms with Crippen molar-refractivity contribution in [3.63, 3.8) is 0 Å². The summed E-state index contributed by atoms with van der Waals surface area (Å²) < 4.78 is 27.0. The van der Waals surface area contributed by atoms with E-state index in [0.29, 0.717) is 22.8 Å². The Kier molecular flexibility index (Phi) is 5.76. The number of para-hydroxylation sites is 2. The Balaban J connectivity index is 1.64. The number of carbonyl (C=O) groups excluding carboxylic acids is 1. The van der Waals surface area contributed by atoms with Crippen LogP contribution in [0, 0.1) is 17.6 Å². The van der Waals surface area contributed by atoms with Gasteiger partial charge >= 0.3 is 0 Å². The molecular weight excluding hydrogens is 388 g/mol. The lowest BCUT2D eigenvalue weighted by molar-refractivity contribution is -0.113. The fourth-order valence-corrected chi connectivity index (χ4v) is 3.74. The van der Waals surface area contributed by atoms with Gasteiger partial charge in [-0.3, -0.25) is 10.1 Å². The van der Waals surface area contributed by atoms with Crippen molar-refractivity contribution in [1.82, 2.24) is 15.3 Å². The number of aromatic amines is 1. The SMILES string of the molecule is NC(=C(Cc1ccc(F)c(F)c1)C(=O)Nc1nc2ccccc2[nH]1)C1CCNCC1. The lowest BCUT2D eigenvalue weighted by Crippen LogP contribution is -2.33. The average Bonchev–Trinajstić information content (AvgIpc) is 3.16. The molecule has 8 heteroatoms. The van der Waals surface area contributed by atoms with E-state index in [4.69, 9.17) is 5.73 Å². The number of fused-ring (bicyclic) bond motifs is 1. The van der Waals surface area contributed by atoms with E-state index < -0.39 is 17.5 Å². The zero-order valence-corrected chi connectivity index (χ0v) is 16.3. The van der Waals surface area contributed by atoms with Gasteiger partial charge in [0.1, 0.15) is 0 Å². The zero-order chi connectivity index (χ0) is 21.1. The number of hydrogen-bond donors (Lipinski definition) is 4. The van der Waals surface area contributed by atoms with Crippen molar-refractivity contribution in [3.8, 4) is 0 Å². The van der Waals surface area contributed by atoms with Crippen LogP contribution >= 0.6 is 0 Å². The minimum Gasteiger partial charge on any atom is -0.401 e. The minimum absolute atomic E-state index is 0.0490. The number of H-pyrrole nitrogens is 1. The number of aromatic nitrogens is 2. The van der Waals surface area contributed by atoms with E-state index in [-0.39, 0.29) is 12.3 Å². The summed E-state index contributed by atoms with van der Waals surface area (Å²) in [5, 5.41) is 6.04. The van der Waals surface area contributed by atoms with Gasteiger partial charge in [-0.15, -0.1) is 0 Å². The summed E-state index contributed by atoms with van der Waals surface area (Å²) in [6, 6.07) is 11.0. The van der Waals surface area contributed by atoms with Crippen LogP contribution in [0.15, 0.2) is 53.7 Å². The number of benzene rings is 2. The highest BCUT2D eigenvalue weighted by atomic mass is 19.2. The highest BCUT2D eigenvalue weighted by Gasteiger charge is 2.23. The van der Waals surface area contributed by atoms with Crippen LogP contribution in [-0.2, 0) is 11.2 Å². The second-order valence-corrected chi connectivity index (χ2v) is 7.44. The molecule has 30 heavy (non-hydrogen) atoms. The molecule has 0 bridgehead atoms. The van der Waals surface area contributed by atoms with E-state index in [1.165, 1.54) is 6.07 Å². The minimum atomic E-state index is -0.954. The lowest BCUT2D eigenvalue weighted by atomic mass is 9.89. The number of allylic oxidation sites excluding steroid dienone is 1. The van der Waals surface area contributed by atoms with Crippen LogP contribution in [-0.4, -0.2) is 29.0 Å². The second-order valence-electron chi connectivity index (χ2n) is 7.44. The number of nitrogens with one attached hydrogen (secondary N) is 3. The first kappa shape index (κ1) is 20.0. The van der Waals surface area contributed by atoms with Gasteiger partial charge < -0.3 is 16.0 Å². The summed E-state index contributed by atoms with van der Waals surface area (Å²) in [7, 11) is 0. The molecule has 4 rings (SSSR count). The summed E-state index contributed by atoms with van der Waals surface area (Å²) in [4.78, 5) is 20.6. The van der Waals surface area contributed by atoms with Gasteiger partial charge in [0.05, 0.1) is 11.0 Å². The molecule has 1 aliphatic rings. The monoisotopic (exact) mass is 411 g/mol. The Bertz CT molecular complexity index is 1070. The zero-order valence-electron chi connectivity index (χ0n) is 16.3. The van der Waals surface area contributed by atoms with E-state index in [0.717, 1.165) is 49.1 Å². The smallest absolute Gasteiger partial charge is 0.255 e. The Morgan fingerprint density at radius 1 is 1.13 bits per heavy atom. The van der Waals surface area contributed by atoms with Crippen molar-refractivity contribution in [2.45, 2.75) is 19.3 Å². The highest BCUT2D eigenvalue weighted by Crippen LogP contribution is 2.24. The molecule has 2 aromatic carbocycles. The number of nitrogens with two attached hydrogens (primary N) is 1. The molecule has 1 aromatic heterocycles. The Morgan fingerprint density at radius 2 is 1.90 bits per heavy atom. The van der Waals surface area contributed by atoms with Crippen LogP contribution < -0.4 is 16.4 Å². The van der Waals surface area contributed by atoms with E-state index in [1.54, 1.807) is 0 Å². The third-order valence-electron chi connectivity index (χ3n) is 5.39. The first-order chi connectivity index (χ1) is 14.5. The fraction of sp³-hybridized carbons (Fsp3) is 0.273. The molecule has 2 heterocycles. The van der Waals surface area contributed by atoms with Crippen molar-refractivity contribution in [2.75, 3.05) is 18.4 Å². The predicted octanol–water partition coefficient (Wildman–Crippen LogP) is 3.23. The van der Waals surface area contributed by atoms with Crippen molar-refractivity contribution in [2.24, 2.45) is 11.7 Å². The third-order valence-corrected chi connectivity index (χ3v) is 5.39. The van der Waals surface area contributed by atoms with Crippen molar-refractivity contribution in [1.29, 1.82) is 0 Å². The van der Waals surface area contributed by atoms with Crippen LogP contribution in [0.1, 0.15) is 18.4 Å². The van der Waals surface area contributed by atoms with Gasteiger partial charge in [0.15, 0.2) is 11.6 Å². The molecular formula is C22H23F2N5O. The molecule has 0 unspecified atom stereocenters. The first-order valence-corrected chi connectivity index (χ1v) is 9.90. The number of halogens is 2. The molecule has 156 valence electrons. The molecule has 3 aromatic rings. The maximum absolute atomic E-state index is 13.7.